The molecule has 0 aliphatic rings. The maximum atomic E-state index is 10.9. The fourth-order valence-corrected chi connectivity index (χ4v) is 1.84. The summed E-state index contributed by atoms with van der Waals surface area (Å²) >= 11 is 3.32. The molecular weight excluding hydrogens is 288 g/mol. The van der Waals surface area contributed by atoms with Crippen molar-refractivity contribution in [1.82, 2.24) is 9.78 Å². The Hall–Kier alpha value is -1.66. The summed E-state index contributed by atoms with van der Waals surface area (Å²) in [6.07, 6.45) is 1.51. The fourth-order valence-electron chi connectivity index (χ4n) is 1.46. The molecule has 2 N–H and O–H groups in total. The van der Waals surface area contributed by atoms with E-state index in [9.17, 15) is 4.79 Å². The Labute approximate surface area is 105 Å². The molecule has 88 valence electrons. The second-order valence-electron chi connectivity index (χ2n) is 3.39. The van der Waals surface area contributed by atoms with Crippen LogP contribution in [-0.2, 0) is 6.61 Å². The zero-order chi connectivity index (χ0) is 12.4. The zero-order valence-electron chi connectivity index (χ0n) is 8.67. The number of hydrogen-bond acceptors (Lipinski definition) is 3. The van der Waals surface area contributed by atoms with E-state index < -0.39 is 5.97 Å². The summed E-state index contributed by atoms with van der Waals surface area (Å²) in [5, 5.41) is 21.9. The summed E-state index contributed by atoms with van der Waals surface area (Å²) in [7, 11) is 0. The summed E-state index contributed by atoms with van der Waals surface area (Å²) in [4.78, 5) is 10.9. The van der Waals surface area contributed by atoms with Gasteiger partial charge in [-0.1, -0.05) is 22.0 Å². The zero-order valence-corrected chi connectivity index (χ0v) is 10.3. The fraction of sp³-hybridized carbons (Fsp3) is 0.0909. The van der Waals surface area contributed by atoms with Crippen molar-refractivity contribution in [2.75, 3.05) is 0 Å². The van der Waals surface area contributed by atoms with Gasteiger partial charge in [-0.3, -0.25) is 0 Å². The minimum atomic E-state index is -1.15. The highest BCUT2D eigenvalue weighted by molar-refractivity contribution is 9.10. The number of halogens is 1. The molecule has 0 aliphatic carbocycles. The standard InChI is InChI=1S/C11H9BrN2O3/c12-8-2-1-3-9(4-8)14-5-7(6-15)10(13-14)11(16)17/h1-5,15H,6H2,(H,16,17). The molecule has 0 unspecified atom stereocenters. The van der Waals surface area contributed by atoms with Crippen LogP contribution in [0.2, 0.25) is 0 Å². The molecule has 17 heavy (non-hydrogen) atoms. The topological polar surface area (TPSA) is 75.3 Å². The van der Waals surface area contributed by atoms with Gasteiger partial charge in [0.15, 0.2) is 5.69 Å². The lowest BCUT2D eigenvalue weighted by molar-refractivity contribution is 0.0686. The van der Waals surface area contributed by atoms with Crippen molar-refractivity contribution in [3.63, 3.8) is 0 Å². The molecule has 0 atom stereocenters. The lowest BCUT2D eigenvalue weighted by atomic mass is 10.2. The molecule has 2 rings (SSSR count). The number of aromatic carboxylic acids is 1. The van der Waals surface area contributed by atoms with Crippen molar-refractivity contribution in [2.45, 2.75) is 6.61 Å². The summed E-state index contributed by atoms with van der Waals surface area (Å²) < 4.78 is 2.30. The molecule has 1 aromatic heterocycles. The van der Waals surface area contributed by atoms with Gasteiger partial charge in [0.2, 0.25) is 0 Å². The van der Waals surface area contributed by atoms with Crippen molar-refractivity contribution >= 4 is 21.9 Å². The second kappa shape index (κ2) is 4.68. The molecule has 0 radical (unpaired) electrons. The lowest BCUT2D eigenvalue weighted by Crippen LogP contribution is -2.02. The first-order valence-electron chi connectivity index (χ1n) is 4.80. The van der Waals surface area contributed by atoms with Crippen molar-refractivity contribution in [1.29, 1.82) is 0 Å². The van der Waals surface area contributed by atoms with Gasteiger partial charge in [0.25, 0.3) is 0 Å². The van der Waals surface area contributed by atoms with E-state index in [1.165, 1.54) is 10.9 Å². The largest absolute Gasteiger partial charge is 0.476 e. The molecule has 5 nitrogen and oxygen atoms in total. The summed E-state index contributed by atoms with van der Waals surface area (Å²) in [6, 6.07) is 7.28. The third-order valence-electron chi connectivity index (χ3n) is 2.24. The predicted molar refractivity (Wildman–Crippen MR) is 64.1 cm³/mol. The van der Waals surface area contributed by atoms with Crippen LogP contribution in [0.1, 0.15) is 16.1 Å². The van der Waals surface area contributed by atoms with Gasteiger partial charge in [-0.05, 0) is 18.2 Å². The number of carboxylic acid groups (broad SMARTS) is 1. The number of nitrogens with zero attached hydrogens (tertiary/aromatic N) is 2. The minimum absolute atomic E-state index is 0.132. The Morgan fingerprint density at radius 2 is 2.24 bits per heavy atom. The molecule has 2 aromatic rings. The molecular formula is C11H9BrN2O3. The highest BCUT2D eigenvalue weighted by Gasteiger charge is 2.15. The molecule has 1 aromatic carbocycles. The van der Waals surface area contributed by atoms with Crippen LogP contribution in [0.25, 0.3) is 5.69 Å². The van der Waals surface area contributed by atoms with E-state index in [1.807, 2.05) is 12.1 Å². The SMILES string of the molecule is O=C(O)c1nn(-c2cccc(Br)c2)cc1CO. The Kier molecular flexibility index (Phi) is 3.26. The van der Waals surface area contributed by atoms with Crippen LogP contribution in [0.3, 0.4) is 0 Å². The number of carboxylic acids is 1. The summed E-state index contributed by atoms with van der Waals surface area (Å²) in [5.74, 6) is -1.15. The van der Waals surface area contributed by atoms with E-state index in [4.69, 9.17) is 10.2 Å². The van der Waals surface area contributed by atoms with E-state index >= 15 is 0 Å². The van der Waals surface area contributed by atoms with Crippen molar-refractivity contribution in [3.8, 4) is 5.69 Å². The highest BCUT2D eigenvalue weighted by Crippen LogP contribution is 2.17. The van der Waals surface area contributed by atoms with E-state index in [0.29, 0.717) is 0 Å². The summed E-state index contributed by atoms with van der Waals surface area (Å²) in [5.41, 5.74) is 0.881. The number of rotatable bonds is 3. The van der Waals surface area contributed by atoms with Gasteiger partial charge in [-0.15, -0.1) is 0 Å². The molecule has 6 heteroatoms. The van der Waals surface area contributed by atoms with E-state index in [2.05, 4.69) is 21.0 Å². The van der Waals surface area contributed by atoms with Gasteiger partial charge in [0.1, 0.15) is 0 Å². The summed E-state index contributed by atoms with van der Waals surface area (Å²) in [6.45, 7) is -0.352. The first-order chi connectivity index (χ1) is 8.11. The number of carbonyl (C=O) groups is 1. The number of benzene rings is 1. The van der Waals surface area contributed by atoms with Crippen molar-refractivity contribution in [3.05, 3.63) is 46.2 Å². The van der Waals surface area contributed by atoms with Crippen LogP contribution >= 0.6 is 15.9 Å². The highest BCUT2D eigenvalue weighted by atomic mass is 79.9. The van der Waals surface area contributed by atoms with Gasteiger partial charge < -0.3 is 10.2 Å². The van der Waals surface area contributed by atoms with Crippen molar-refractivity contribution < 1.29 is 15.0 Å². The molecule has 0 bridgehead atoms. The van der Waals surface area contributed by atoms with Crippen LogP contribution < -0.4 is 0 Å². The van der Waals surface area contributed by atoms with Crippen LogP contribution in [0.15, 0.2) is 34.9 Å². The van der Waals surface area contributed by atoms with E-state index in [-0.39, 0.29) is 17.9 Å². The molecule has 0 saturated carbocycles. The number of hydrogen-bond donors (Lipinski definition) is 2. The lowest BCUT2D eigenvalue weighted by Gasteiger charge is -2.00. The quantitative estimate of drug-likeness (QED) is 0.906. The Morgan fingerprint density at radius 1 is 1.47 bits per heavy atom. The maximum absolute atomic E-state index is 10.9. The Morgan fingerprint density at radius 3 is 2.76 bits per heavy atom. The number of aromatic nitrogens is 2. The van der Waals surface area contributed by atoms with Gasteiger partial charge in [-0.25, -0.2) is 9.48 Å². The first-order valence-corrected chi connectivity index (χ1v) is 5.59. The predicted octanol–water partition coefficient (Wildman–Crippen LogP) is 1.83. The molecule has 0 fully saturated rings. The molecule has 0 amide bonds. The average Bonchev–Trinajstić information content (AvgIpc) is 2.73. The third-order valence-corrected chi connectivity index (χ3v) is 2.73. The minimum Gasteiger partial charge on any atom is -0.476 e. The van der Waals surface area contributed by atoms with Crippen LogP contribution in [0.5, 0.6) is 0 Å². The average molecular weight is 297 g/mol. The van der Waals surface area contributed by atoms with Crippen LogP contribution in [0.4, 0.5) is 0 Å². The molecule has 1 heterocycles. The van der Waals surface area contributed by atoms with E-state index in [0.717, 1.165) is 10.2 Å². The first kappa shape index (κ1) is 11.8. The van der Waals surface area contributed by atoms with Crippen molar-refractivity contribution in [2.24, 2.45) is 0 Å². The smallest absolute Gasteiger partial charge is 0.356 e. The van der Waals surface area contributed by atoms with Gasteiger partial charge >= 0.3 is 5.97 Å². The number of aliphatic hydroxyl groups is 1. The maximum Gasteiger partial charge on any atom is 0.356 e. The third kappa shape index (κ3) is 2.37. The Balaban J connectivity index is 2.50. The Bertz CT molecular complexity index is 566. The molecule has 0 saturated heterocycles. The van der Waals surface area contributed by atoms with E-state index in [1.54, 1.807) is 12.1 Å². The second-order valence-corrected chi connectivity index (χ2v) is 4.31. The monoisotopic (exact) mass is 296 g/mol. The van der Waals surface area contributed by atoms with Gasteiger partial charge in [-0.2, -0.15) is 5.10 Å². The van der Waals surface area contributed by atoms with Crippen LogP contribution in [0, 0.1) is 0 Å². The van der Waals surface area contributed by atoms with Crippen LogP contribution in [-0.4, -0.2) is 26.0 Å². The van der Waals surface area contributed by atoms with Gasteiger partial charge in [0, 0.05) is 16.2 Å². The molecule has 0 spiro atoms. The molecule has 0 aliphatic heterocycles. The normalized spacial score (nSPS) is 10.5. The number of aliphatic hydroxyl groups excluding tert-OH is 1. The van der Waals surface area contributed by atoms with Gasteiger partial charge in [0.05, 0.1) is 12.3 Å².